The third kappa shape index (κ3) is 2.43. The Morgan fingerprint density at radius 2 is 1.90 bits per heavy atom. The lowest BCUT2D eigenvalue weighted by molar-refractivity contribution is -0.564. The molecule has 6 atom stereocenters. The fourth-order valence-electron chi connectivity index (χ4n) is 4.55. The van der Waals surface area contributed by atoms with Crippen molar-refractivity contribution in [3.05, 3.63) is 0 Å². The SMILES string of the molecule is CC1CCC2CCOC3OC4(C)CCC1C23OO4.CCO. The number of hydrogen-bond donors (Lipinski definition) is 1. The molecule has 1 spiro atoms. The summed E-state index contributed by atoms with van der Waals surface area (Å²) in [5.74, 6) is 1.08. The van der Waals surface area contributed by atoms with Crippen molar-refractivity contribution in [3.63, 3.8) is 0 Å². The van der Waals surface area contributed by atoms with Gasteiger partial charge in [0.1, 0.15) is 0 Å². The first-order valence-corrected chi connectivity index (χ1v) is 8.33. The quantitative estimate of drug-likeness (QED) is 0.697. The minimum Gasteiger partial charge on any atom is -0.397 e. The summed E-state index contributed by atoms with van der Waals surface area (Å²) in [4.78, 5) is 11.6. The van der Waals surface area contributed by atoms with E-state index >= 15 is 0 Å². The molecule has 4 aliphatic heterocycles. The van der Waals surface area contributed by atoms with Gasteiger partial charge >= 0.3 is 0 Å². The highest BCUT2D eigenvalue weighted by molar-refractivity contribution is 5.06. The lowest BCUT2D eigenvalue weighted by Gasteiger charge is -2.57. The fraction of sp³-hybridized carbons (Fsp3) is 1.00. The van der Waals surface area contributed by atoms with Crippen LogP contribution in [0.15, 0.2) is 0 Å². The minimum absolute atomic E-state index is 0.231. The topological polar surface area (TPSA) is 57.2 Å². The van der Waals surface area contributed by atoms with Crippen molar-refractivity contribution in [1.29, 1.82) is 0 Å². The zero-order valence-electron chi connectivity index (χ0n) is 13.3. The predicted octanol–water partition coefficient (Wildman–Crippen LogP) is 2.62. The Morgan fingerprint density at radius 3 is 2.67 bits per heavy atom. The summed E-state index contributed by atoms with van der Waals surface area (Å²) < 4.78 is 12.0. The third-order valence-electron chi connectivity index (χ3n) is 5.61. The van der Waals surface area contributed by atoms with E-state index in [1.54, 1.807) is 6.92 Å². The van der Waals surface area contributed by atoms with Gasteiger partial charge in [0.25, 0.3) is 0 Å². The first-order valence-electron chi connectivity index (χ1n) is 8.33. The van der Waals surface area contributed by atoms with Crippen molar-refractivity contribution in [3.8, 4) is 0 Å². The molecule has 122 valence electrons. The summed E-state index contributed by atoms with van der Waals surface area (Å²) >= 11 is 0. The van der Waals surface area contributed by atoms with E-state index in [0.717, 1.165) is 25.9 Å². The number of ether oxygens (including phenoxy) is 2. The van der Waals surface area contributed by atoms with E-state index in [1.807, 2.05) is 6.92 Å². The lowest BCUT2D eigenvalue weighted by atomic mass is 9.61. The standard InChI is InChI=1S/C14H22O4.C2H6O/c1-9-3-4-10-6-8-15-12-14(10)11(9)5-7-13(2,16-12)17-18-14;1-2-3/h9-12H,3-8H2,1-2H3;3H,2H2,1H3. The summed E-state index contributed by atoms with van der Waals surface area (Å²) in [7, 11) is 0. The Labute approximate surface area is 126 Å². The number of hydrogen-bond acceptors (Lipinski definition) is 5. The molecule has 0 amide bonds. The first kappa shape index (κ1) is 15.7. The smallest absolute Gasteiger partial charge is 0.201 e. The molecule has 1 saturated carbocycles. The molecule has 5 aliphatic rings. The van der Waals surface area contributed by atoms with Crippen LogP contribution in [-0.4, -0.2) is 36.0 Å². The van der Waals surface area contributed by atoms with E-state index in [-0.39, 0.29) is 18.5 Å². The molecule has 5 nitrogen and oxygen atoms in total. The molecular formula is C16H28O5. The van der Waals surface area contributed by atoms with Gasteiger partial charge in [0.2, 0.25) is 5.79 Å². The van der Waals surface area contributed by atoms with E-state index in [0.29, 0.717) is 17.8 Å². The van der Waals surface area contributed by atoms with Gasteiger partial charge < -0.3 is 14.6 Å². The molecular weight excluding hydrogens is 272 g/mol. The van der Waals surface area contributed by atoms with Gasteiger partial charge in [-0.15, -0.1) is 0 Å². The average molecular weight is 300 g/mol. The van der Waals surface area contributed by atoms with E-state index < -0.39 is 5.79 Å². The van der Waals surface area contributed by atoms with Gasteiger partial charge in [-0.25, -0.2) is 9.78 Å². The molecule has 0 aromatic heterocycles. The maximum Gasteiger partial charge on any atom is 0.201 e. The molecule has 4 heterocycles. The highest BCUT2D eigenvalue weighted by Crippen LogP contribution is 2.58. The largest absolute Gasteiger partial charge is 0.397 e. The molecule has 0 radical (unpaired) electrons. The van der Waals surface area contributed by atoms with Gasteiger partial charge in [-0.1, -0.05) is 6.92 Å². The van der Waals surface area contributed by atoms with Crippen molar-refractivity contribution in [2.24, 2.45) is 17.8 Å². The van der Waals surface area contributed by atoms with Crippen LogP contribution in [0.4, 0.5) is 0 Å². The Bertz CT molecular complexity index is 372. The Morgan fingerprint density at radius 1 is 1.14 bits per heavy atom. The minimum atomic E-state index is -0.616. The van der Waals surface area contributed by atoms with Gasteiger partial charge in [0.15, 0.2) is 11.9 Å². The van der Waals surface area contributed by atoms with Crippen LogP contribution in [0, 0.1) is 17.8 Å². The summed E-state index contributed by atoms with van der Waals surface area (Å²) in [6.07, 6.45) is 5.36. The van der Waals surface area contributed by atoms with Crippen molar-refractivity contribution in [2.45, 2.75) is 70.6 Å². The Kier molecular flexibility index (Phi) is 4.32. The van der Waals surface area contributed by atoms with Crippen LogP contribution in [-0.2, 0) is 19.2 Å². The van der Waals surface area contributed by atoms with Gasteiger partial charge in [-0.3, -0.25) is 0 Å². The highest BCUT2D eigenvalue weighted by Gasteiger charge is 2.66. The van der Waals surface area contributed by atoms with Gasteiger partial charge in [0, 0.05) is 13.0 Å². The molecule has 5 rings (SSSR count). The third-order valence-corrected chi connectivity index (χ3v) is 5.61. The number of fused-ring (bicyclic) bond motifs is 2. The zero-order chi connectivity index (χ0) is 15.1. The Balaban J connectivity index is 0.000000409. The van der Waals surface area contributed by atoms with Crippen LogP contribution >= 0.6 is 0 Å². The molecule has 1 aliphatic carbocycles. The van der Waals surface area contributed by atoms with Crippen LogP contribution < -0.4 is 0 Å². The molecule has 0 aromatic rings. The summed E-state index contributed by atoms with van der Waals surface area (Å²) in [6.45, 7) is 7.03. The summed E-state index contributed by atoms with van der Waals surface area (Å²) in [5.41, 5.74) is -0.341. The number of rotatable bonds is 0. The highest BCUT2D eigenvalue weighted by atomic mass is 17.3. The number of aliphatic hydroxyl groups excluding tert-OH is 1. The molecule has 21 heavy (non-hydrogen) atoms. The van der Waals surface area contributed by atoms with Crippen LogP contribution in [0.2, 0.25) is 0 Å². The van der Waals surface area contributed by atoms with Gasteiger partial charge in [-0.2, -0.15) is 0 Å². The number of aliphatic hydroxyl groups is 1. The van der Waals surface area contributed by atoms with Crippen LogP contribution in [0.3, 0.4) is 0 Å². The summed E-state index contributed by atoms with van der Waals surface area (Å²) in [6, 6.07) is 0. The molecule has 5 fully saturated rings. The second-order valence-corrected chi connectivity index (χ2v) is 6.98. The van der Waals surface area contributed by atoms with E-state index in [1.165, 1.54) is 12.8 Å². The van der Waals surface area contributed by atoms with Gasteiger partial charge in [-0.05, 0) is 57.3 Å². The van der Waals surface area contributed by atoms with Crippen molar-refractivity contribution in [2.75, 3.05) is 13.2 Å². The molecule has 1 N–H and O–H groups in total. The lowest BCUT2D eigenvalue weighted by Crippen LogP contribution is -2.67. The molecule has 2 bridgehead atoms. The van der Waals surface area contributed by atoms with Crippen LogP contribution in [0.25, 0.3) is 0 Å². The van der Waals surface area contributed by atoms with Crippen LogP contribution in [0.5, 0.6) is 0 Å². The summed E-state index contributed by atoms with van der Waals surface area (Å²) in [5, 5.41) is 7.57. The molecule has 6 unspecified atom stereocenters. The monoisotopic (exact) mass is 300 g/mol. The van der Waals surface area contributed by atoms with Crippen molar-refractivity contribution >= 4 is 0 Å². The van der Waals surface area contributed by atoms with E-state index in [2.05, 4.69) is 6.92 Å². The molecule has 0 aromatic carbocycles. The molecule has 4 saturated heterocycles. The molecule has 5 heteroatoms. The van der Waals surface area contributed by atoms with E-state index in [9.17, 15) is 0 Å². The maximum absolute atomic E-state index is 7.57. The second-order valence-electron chi connectivity index (χ2n) is 6.98. The van der Waals surface area contributed by atoms with Crippen molar-refractivity contribution < 1.29 is 24.4 Å². The predicted molar refractivity (Wildman–Crippen MR) is 76.1 cm³/mol. The first-order chi connectivity index (χ1) is 10.1. The fourth-order valence-corrected chi connectivity index (χ4v) is 4.55. The zero-order valence-corrected chi connectivity index (χ0v) is 13.3. The second kappa shape index (κ2) is 5.78. The van der Waals surface area contributed by atoms with Gasteiger partial charge in [0.05, 0.1) is 6.61 Å². The maximum atomic E-state index is 7.57. The normalized spacial score (nSPS) is 51.4. The Hall–Kier alpha value is -0.200. The van der Waals surface area contributed by atoms with E-state index in [4.69, 9.17) is 24.4 Å². The van der Waals surface area contributed by atoms with Crippen molar-refractivity contribution in [1.82, 2.24) is 0 Å². The average Bonchev–Trinajstić information content (AvgIpc) is 2.69. The van der Waals surface area contributed by atoms with Crippen LogP contribution in [0.1, 0.15) is 52.9 Å².